The van der Waals surface area contributed by atoms with Crippen LogP contribution in [-0.4, -0.2) is 27.2 Å². The average Bonchev–Trinajstić information content (AvgIpc) is 2.85. The molecule has 194 valence electrons. The maximum Gasteiger partial charge on any atom is 0.224 e. The van der Waals surface area contributed by atoms with Gasteiger partial charge in [0, 0.05) is 18.6 Å². The van der Waals surface area contributed by atoms with E-state index in [4.69, 9.17) is 14.2 Å². The molecule has 0 bridgehead atoms. The first kappa shape index (κ1) is 29.9. The summed E-state index contributed by atoms with van der Waals surface area (Å²) in [7, 11) is 4.72. The molecule has 0 unspecified atom stereocenters. The molecule has 34 heavy (non-hydrogen) atoms. The first-order chi connectivity index (χ1) is 16.7. The molecule has 0 saturated carbocycles. The summed E-state index contributed by atoms with van der Waals surface area (Å²) >= 11 is 0. The van der Waals surface area contributed by atoms with Gasteiger partial charge in [-0.3, -0.25) is 4.79 Å². The number of nitrogens with one attached hydrogen (secondary N) is 1. The van der Waals surface area contributed by atoms with Gasteiger partial charge >= 0.3 is 0 Å². The van der Waals surface area contributed by atoms with E-state index in [1.807, 2.05) is 0 Å². The van der Waals surface area contributed by atoms with Crippen LogP contribution in [0.4, 0.5) is 5.69 Å². The molecule has 1 amide bonds. The number of methoxy groups -OCH3 is 3. The van der Waals surface area contributed by atoms with Crippen LogP contribution in [0.15, 0.2) is 24.3 Å². The fourth-order valence-corrected chi connectivity index (χ4v) is 4.04. The Morgan fingerprint density at radius 2 is 1.18 bits per heavy atom. The van der Waals surface area contributed by atoms with E-state index in [-0.39, 0.29) is 5.91 Å². The van der Waals surface area contributed by atoms with E-state index in [1.54, 1.807) is 33.5 Å². The van der Waals surface area contributed by atoms with Gasteiger partial charge in [0.05, 0.1) is 21.3 Å². The minimum atomic E-state index is -0.0190. The van der Waals surface area contributed by atoms with Crippen molar-refractivity contribution in [3.05, 3.63) is 24.3 Å². The normalized spacial score (nSPS) is 11.1. The number of ether oxygens (including phenoxy) is 3. The quantitative estimate of drug-likeness (QED) is 0.143. The predicted octanol–water partition coefficient (Wildman–Crippen LogP) is 8.47. The summed E-state index contributed by atoms with van der Waals surface area (Å²) in [5, 5.41) is 2.94. The van der Waals surface area contributed by atoms with E-state index in [0.717, 1.165) is 12.8 Å². The Balaban J connectivity index is 2.06. The summed E-state index contributed by atoms with van der Waals surface area (Å²) in [6.07, 6.45) is 24.3. The highest BCUT2D eigenvalue weighted by Crippen LogP contribution is 2.39. The summed E-state index contributed by atoms with van der Waals surface area (Å²) in [5.74, 6) is 1.66. The first-order valence-corrected chi connectivity index (χ1v) is 13.4. The van der Waals surface area contributed by atoms with Gasteiger partial charge in [0.15, 0.2) is 0 Å². The van der Waals surface area contributed by atoms with Gasteiger partial charge in [0.1, 0.15) is 22.9 Å². The molecule has 0 radical (unpaired) electrons. The van der Waals surface area contributed by atoms with Crippen LogP contribution in [0.5, 0.6) is 17.2 Å². The lowest BCUT2D eigenvalue weighted by Gasteiger charge is -2.15. The maximum atomic E-state index is 12.4. The number of benzene rings is 1. The lowest BCUT2D eigenvalue weighted by molar-refractivity contribution is -0.116. The van der Waals surface area contributed by atoms with Gasteiger partial charge < -0.3 is 19.5 Å². The van der Waals surface area contributed by atoms with Crippen molar-refractivity contribution >= 4 is 11.6 Å². The monoisotopic (exact) mass is 475 g/mol. The van der Waals surface area contributed by atoms with E-state index in [0.29, 0.717) is 29.4 Å². The minimum Gasteiger partial charge on any atom is -0.496 e. The van der Waals surface area contributed by atoms with E-state index in [1.165, 1.54) is 83.5 Å². The van der Waals surface area contributed by atoms with Crippen LogP contribution in [0.25, 0.3) is 0 Å². The number of carbonyl (C=O) groups is 1. The molecule has 0 aliphatic rings. The number of rotatable bonds is 21. The van der Waals surface area contributed by atoms with E-state index in [9.17, 15) is 4.79 Å². The number of hydrogen-bond donors (Lipinski definition) is 1. The number of anilines is 1. The third-order valence-electron chi connectivity index (χ3n) is 6.15. The standard InChI is InChI=1S/C29H49NO4/c1-5-6-7-8-9-10-11-12-13-14-15-16-17-18-19-20-21-22-28(31)30-29-26(33-3)23-25(32-2)24-27(29)34-4/h12-13,23-24H,5-11,14-22H2,1-4H3,(H,30,31)/b13-12+. The Hall–Kier alpha value is -2.17. The number of amides is 1. The fourth-order valence-electron chi connectivity index (χ4n) is 4.04. The van der Waals surface area contributed by atoms with Crippen molar-refractivity contribution in [2.24, 2.45) is 0 Å². The van der Waals surface area contributed by atoms with Gasteiger partial charge in [-0.1, -0.05) is 83.3 Å². The summed E-state index contributed by atoms with van der Waals surface area (Å²) < 4.78 is 16.0. The fraction of sp³-hybridized carbons (Fsp3) is 0.690. The third-order valence-corrected chi connectivity index (χ3v) is 6.15. The average molecular weight is 476 g/mol. The van der Waals surface area contributed by atoms with E-state index >= 15 is 0 Å². The molecule has 5 nitrogen and oxygen atoms in total. The van der Waals surface area contributed by atoms with Crippen LogP contribution in [0.1, 0.15) is 110 Å². The zero-order valence-corrected chi connectivity index (χ0v) is 22.3. The highest BCUT2D eigenvalue weighted by molar-refractivity contribution is 5.94. The molecule has 0 aliphatic heterocycles. The Morgan fingerprint density at radius 3 is 1.65 bits per heavy atom. The second kappa shape index (κ2) is 20.2. The number of hydrogen-bond acceptors (Lipinski definition) is 4. The largest absolute Gasteiger partial charge is 0.496 e. The van der Waals surface area contributed by atoms with Crippen LogP contribution < -0.4 is 19.5 Å². The summed E-state index contributed by atoms with van der Waals surface area (Å²) in [5.41, 5.74) is 0.553. The zero-order chi connectivity index (χ0) is 24.9. The molecule has 1 N–H and O–H groups in total. The third kappa shape index (κ3) is 13.5. The van der Waals surface area contributed by atoms with Crippen LogP contribution in [0.3, 0.4) is 0 Å². The van der Waals surface area contributed by atoms with Crippen molar-refractivity contribution in [3.63, 3.8) is 0 Å². The lowest BCUT2D eigenvalue weighted by Crippen LogP contribution is -2.13. The highest BCUT2D eigenvalue weighted by atomic mass is 16.5. The van der Waals surface area contributed by atoms with Gasteiger partial charge in [-0.25, -0.2) is 0 Å². The van der Waals surface area contributed by atoms with Gasteiger partial charge in [-0.05, 0) is 32.1 Å². The Kier molecular flexibility index (Phi) is 17.8. The maximum absolute atomic E-state index is 12.4. The highest BCUT2D eigenvalue weighted by Gasteiger charge is 2.15. The summed E-state index contributed by atoms with van der Waals surface area (Å²) in [6.45, 7) is 2.27. The van der Waals surface area contributed by atoms with Crippen molar-refractivity contribution in [1.29, 1.82) is 0 Å². The Bertz CT molecular complexity index is 662. The molecule has 5 heteroatoms. The second-order valence-corrected chi connectivity index (χ2v) is 9.00. The second-order valence-electron chi connectivity index (χ2n) is 9.00. The predicted molar refractivity (Wildman–Crippen MR) is 143 cm³/mol. The molecule has 0 saturated heterocycles. The van der Waals surface area contributed by atoms with Crippen molar-refractivity contribution in [3.8, 4) is 17.2 Å². The number of allylic oxidation sites excluding steroid dienone is 2. The number of carbonyl (C=O) groups excluding carboxylic acids is 1. The summed E-state index contributed by atoms with van der Waals surface area (Å²) in [6, 6.07) is 3.48. The molecule has 0 aromatic heterocycles. The Labute approximate surface area is 208 Å². The lowest BCUT2D eigenvalue weighted by atomic mass is 10.1. The van der Waals surface area contributed by atoms with Crippen molar-refractivity contribution in [2.45, 2.75) is 110 Å². The molecule has 1 aromatic carbocycles. The minimum absolute atomic E-state index is 0.0190. The molecular formula is C29H49NO4. The van der Waals surface area contributed by atoms with Crippen molar-refractivity contribution in [1.82, 2.24) is 0 Å². The van der Waals surface area contributed by atoms with Gasteiger partial charge in [0.25, 0.3) is 0 Å². The van der Waals surface area contributed by atoms with Crippen molar-refractivity contribution in [2.75, 3.05) is 26.6 Å². The molecule has 0 aliphatic carbocycles. The topological polar surface area (TPSA) is 56.8 Å². The van der Waals surface area contributed by atoms with Gasteiger partial charge in [0.2, 0.25) is 5.91 Å². The molecule has 0 atom stereocenters. The van der Waals surface area contributed by atoms with Crippen LogP contribution in [0.2, 0.25) is 0 Å². The van der Waals surface area contributed by atoms with Gasteiger partial charge in [-0.2, -0.15) is 0 Å². The summed E-state index contributed by atoms with van der Waals surface area (Å²) in [4.78, 5) is 12.4. The molecule has 1 aromatic rings. The van der Waals surface area contributed by atoms with E-state index in [2.05, 4.69) is 24.4 Å². The molecule has 0 fully saturated rings. The molecule has 1 rings (SSSR count). The van der Waals surface area contributed by atoms with Crippen LogP contribution in [0, 0.1) is 0 Å². The molecule has 0 heterocycles. The zero-order valence-electron chi connectivity index (χ0n) is 22.3. The Morgan fingerprint density at radius 1 is 0.706 bits per heavy atom. The van der Waals surface area contributed by atoms with Gasteiger partial charge in [-0.15, -0.1) is 0 Å². The smallest absolute Gasteiger partial charge is 0.224 e. The first-order valence-electron chi connectivity index (χ1n) is 13.4. The number of unbranched alkanes of at least 4 members (excludes halogenated alkanes) is 13. The SMILES string of the molecule is CCCCCCCC/C=C/CCCCCCCCCC(=O)Nc1c(OC)cc(OC)cc1OC. The molecular weight excluding hydrogens is 426 g/mol. The molecule has 0 spiro atoms. The van der Waals surface area contributed by atoms with Crippen LogP contribution in [-0.2, 0) is 4.79 Å². The van der Waals surface area contributed by atoms with Crippen molar-refractivity contribution < 1.29 is 19.0 Å². The van der Waals surface area contributed by atoms with E-state index < -0.39 is 0 Å². The van der Waals surface area contributed by atoms with Crippen LogP contribution >= 0.6 is 0 Å².